The number of aryl methyl sites for hydroxylation is 1. The van der Waals surface area contributed by atoms with Gasteiger partial charge in [-0.15, -0.1) is 0 Å². The molecule has 1 aromatic carbocycles. The Kier molecular flexibility index (Phi) is 5.81. The van der Waals surface area contributed by atoms with E-state index in [1.165, 1.54) is 10.5 Å². The molecular weight excluding hydrogens is 264 g/mol. The number of benzene rings is 1. The molecule has 114 valence electrons. The van der Waals surface area contributed by atoms with Crippen LogP contribution < -0.4 is 9.64 Å². The zero-order valence-corrected chi connectivity index (χ0v) is 12.8. The molecule has 1 N–H and O–H groups in total. The number of carbonyl (C=O) groups excluding carboxylic acids is 1. The predicted octanol–water partition coefficient (Wildman–Crippen LogP) is 0.541. The van der Waals surface area contributed by atoms with Crippen molar-refractivity contribution in [1.29, 1.82) is 0 Å². The van der Waals surface area contributed by atoms with Crippen molar-refractivity contribution in [2.75, 3.05) is 39.8 Å². The summed E-state index contributed by atoms with van der Waals surface area (Å²) in [5.74, 6) is 1.12. The Morgan fingerprint density at radius 3 is 2.57 bits per heavy atom. The van der Waals surface area contributed by atoms with Crippen LogP contribution in [0.25, 0.3) is 0 Å². The summed E-state index contributed by atoms with van der Waals surface area (Å²) in [5.41, 5.74) is 1.18. The summed E-state index contributed by atoms with van der Waals surface area (Å²) < 4.78 is 5.14. The minimum atomic E-state index is 0.267. The number of amides is 1. The fourth-order valence-electron chi connectivity index (χ4n) is 2.68. The molecule has 0 spiro atoms. The molecule has 1 aromatic rings. The van der Waals surface area contributed by atoms with Gasteiger partial charge in [-0.2, -0.15) is 0 Å². The molecule has 0 bridgehead atoms. The Morgan fingerprint density at radius 2 is 2.00 bits per heavy atom. The third-order valence-electron chi connectivity index (χ3n) is 4.04. The van der Waals surface area contributed by atoms with Crippen LogP contribution in [0.2, 0.25) is 0 Å². The summed E-state index contributed by atoms with van der Waals surface area (Å²) in [7, 11) is 1.66. The van der Waals surface area contributed by atoms with Gasteiger partial charge in [-0.3, -0.25) is 4.79 Å². The number of nitrogens with one attached hydrogen (secondary N) is 1. The predicted molar refractivity (Wildman–Crippen MR) is 83.7 cm³/mol. The number of ether oxygens (including phenoxy) is 1. The molecule has 1 heterocycles. The fourth-order valence-corrected chi connectivity index (χ4v) is 2.68. The monoisotopic (exact) mass is 289 g/mol. The van der Waals surface area contributed by atoms with Gasteiger partial charge >= 0.3 is 0 Å². The molecule has 0 unspecified atom stereocenters. The molecule has 0 aromatic heterocycles. The van der Waals surface area contributed by atoms with E-state index in [-0.39, 0.29) is 5.91 Å². The number of nitrogens with zero attached hydrogens (tertiary/aromatic N) is 1. The average molecular weight is 289 g/mol. The number of hydrogen-bond acceptors (Lipinski definition) is 2. The van der Waals surface area contributed by atoms with Crippen LogP contribution in [0.5, 0.6) is 5.75 Å². The fraction of sp³-hybridized carbons (Fsp3) is 0.471. The van der Waals surface area contributed by atoms with E-state index in [1.54, 1.807) is 7.11 Å². The van der Waals surface area contributed by atoms with E-state index in [4.69, 9.17) is 4.74 Å². The quantitative estimate of drug-likeness (QED) is 0.776. The lowest BCUT2D eigenvalue weighted by molar-refractivity contribution is -0.898. The van der Waals surface area contributed by atoms with Crippen LogP contribution in [-0.2, 0) is 11.2 Å². The van der Waals surface area contributed by atoms with Gasteiger partial charge in [0.05, 0.1) is 39.8 Å². The maximum atomic E-state index is 12.2. The first-order chi connectivity index (χ1) is 10.2. The number of methoxy groups -OCH3 is 1. The van der Waals surface area contributed by atoms with Crippen molar-refractivity contribution in [3.05, 3.63) is 42.5 Å². The molecule has 1 aliphatic heterocycles. The first-order valence-corrected chi connectivity index (χ1v) is 7.58. The maximum absolute atomic E-state index is 12.2. The standard InChI is InChI=1S/C17H24N2O2/c1-3-10-18-11-13-19(14-12-18)17(20)9-6-15-4-7-16(21-2)8-5-15/h3-5,7-8H,1,6,9-14H2,2H3/p+1. The first kappa shape index (κ1) is 15.6. The Hall–Kier alpha value is -1.81. The summed E-state index contributed by atoms with van der Waals surface area (Å²) in [4.78, 5) is 15.7. The lowest BCUT2D eigenvalue weighted by Crippen LogP contribution is -3.14. The highest BCUT2D eigenvalue weighted by molar-refractivity contribution is 5.76. The molecule has 1 aliphatic rings. The first-order valence-electron chi connectivity index (χ1n) is 7.58. The maximum Gasteiger partial charge on any atom is 0.223 e. The average Bonchev–Trinajstić information content (AvgIpc) is 2.54. The Balaban J connectivity index is 1.75. The van der Waals surface area contributed by atoms with E-state index in [2.05, 4.69) is 6.58 Å². The van der Waals surface area contributed by atoms with Crippen molar-refractivity contribution in [3.8, 4) is 5.75 Å². The van der Waals surface area contributed by atoms with Gasteiger partial charge < -0.3 is 14.5 Å². The van der Waals surface area contributed by atoms with Crippen molar-refractivity contribution in [2.45, 2.75) is 12.8 Å². The van der Waals surface area contributed by atoms with E-state index in [9.17, 15) is 4.79 Å². The van der Waals surface area contributed by atoms with Gasteiger partial charge in [0, 0.05) is 6.42 Å². The molecule has 21 heavy (non-hydrogen) atoms. The number of rotatable bonds is 6. The summed E-state index contributed by atoms with van der Waals surface area (Å²) in [6, 6.07) is 7.94. The largest absolute Gasteiger partial charge is 0.497 e. The minimum absolute atomic E-state index is 0.267. The van der Waals surface area contributed by atoms with Crippen LogP contribution in [0.1, 0.15) is 12.0 Å². The zero-order valence-electron chi connectivity index (χ0n) is 12.8. The molecule has 0 atom stereocenters. The summed E-state index contributed by atoms with van der Waals surface area (Å²) in [6.07, 6.45) is 3.34. The van der Waals surface area contributed by atoms with Crippen LogP contribution >= 0.6 is 0 Å². The van der Waals surface area contributed by atoms with Crippen molar-refractivity contribution in [2.24, 2.45) is 0 Å². The number of quaternary nitrogens is 1. The summed E-state index contributed by atoms with van der Waals surface area (Å²) in [6.45, 7) is 8.56. The number of piperazine rings is 1. The van der Waals surface area contributed by atoms with Gasteiger partial charge in [0.2, 0.25) is 5.91 Å². The zero-order chi connectivity index (χ0) is 15.1. The van der Waals surface area contributed by atoms with Gasteiger partial charge in [-0.1, -0.05) is 18.7 Å². The van der Waals surface area contributed by atoms with Gasteiger partial charge in [-0.05, 0) is 30.2 Å². The third kappa shape index (κ3) is 4.60. The normalized spacial score (nSPS) is 15.8. The van der Waals surface area contributed by atoms with Gasteiger partial charge in [-0.25, -0.2) is 0 Å². The van der Waals surface area contributed by atoms with Crippen molar-refractivity contribution in [3.63, 3.8) is 0 Å². The molecule has 1 fully saturated rings. The van der Waals surface area contributed by atoms with Gasteiger partial charge in [0.15, 0.2) is 0 Å². The lowest BCUT2D eigenvalue weighted by atomic mass is 10.1. The highest BCUT2D eigenvalue weighted by Gasteiger charge is 2.22. The van der Waals surface area contributed by atoms with E-state index < -0.39 is 0 Å². The Morgan fingerprint density at radius 1 is 1.33 bits per heavy atom. The second-order valence-corrected chi connectivity index (χ2v) is 5.47. The smallest absolute Gasteiger partial charge is 0.223 e. The van der Waals surface area contributed by atoms with E-state index in [0.29, 0.717) is 6.42 Å². The highest BCUT2D eigenvalue weighted by Crippen LogP contribution is 2.13. The van der Waals surface area contributed by atoms with Crippen molar-refractivity contribution in [1.82, 2.24) is 4.90 Å². The Labute approximate surface area is 127 Å². The van der Waals surface area contributed by atoms with Gasteiger partial charge in [0.1, 0.15) is 5.75 Å². The highest BCUT2D eigenvalue weighted by atomic mass is 16.5. The molecule has 4 nitrogen and oxygen atoms in total. The summed E-state index contributed by atoms with van der Waals surface area (Å²) >= 11 is 0. The molecule has 0 radical (unpaired) electrons. The molecule has 1 amide bonds. The van der Waals surface area contributed by atoms with E-state index in [0.717, 1.165) is 44.9 Å². The molecular formula is C17H25N2O2+. The number of carbonyl (C=O) groups is 1. The van der Waals surface area contributed by atoms with Crippen LogP contribution in [0.4, 0.5) is 0 Å². The molecule has 0 aliphatic carbocycles. The van der Waals surface area contributed by atoms with Gasteiger partial charge in [0.25, 0.3) is 0 Å². The van der Waals surface area contributed by atoms with Crippen LogP contribution in [0, 0.1) is 0 Å². The lowest BCUT2D eigenvalue weighted by Gasteiger charge is -2.31. The third-order valence-corrected chi connectivity index (χ3v) is 4.04. The van der Waals surface area contributed by atoms with E-state index >= 15 is 0 Å². The van der Waals surface area contributed by atoms with E-state index in [1.807, 2.05) is 35.2 Å². The second-order valence-electron chi connectivity index (χ2n) is 5.47. The minimum Gasteiger partial charge on any atom is -0.497 e. The molecule has 2 rings (SSSR count). The molecule has 1 saturated heterocycles. The van der Waals surface area contributed by atoms with Crippen molar-refractivity contribution >= 4 is 5.91 Å². The van der Waals surface area contributed by atoms with Crippen LogP contribution in [-0.4, -0.2) is 50.6 Å². The topological polar surface area (TPSA) is 34.0 Å². The SMILES string of the molecule is C=CC[NH+]1CCN(C(=O)CCc2ccc(OC)cc2)CC1. The van der Waals surface area contributed by atoms with Crippen LogP contribution in [0.3, 0.4) is 0 Å². The van der Waals surface area contributed by atoms with Crippen molar-refractivity contribution < 1.29 is 14.4 Å². The number of hydrogen-bond donors (Lipinski definition) is 1. The molecule has 0 saturated carbocycles. The molecule has 4 heteroatoms. The van der Waals surface area contributed by atoms with Crippen LogP contribution in [0.15, 0.2) is 36.9 Å². The Bertz CT molecular complexity index is 462. The summed E-state index contributed by atoms with van der Waals surface area (Å²) in [5, 5.41) is 0. The second kappa shape index (κ2) is 7.84.